The summed E-state index contributed by atoms with van der Waals surface area (Å²) in [5.41, 5.74) is 0.773. The first-order valence-electron chi connectivity index (χ1n) is 9.29. The Morgan fingerprint density at radius 1 is 1.07 bits per heavy atom. The molecule has 1 atom stereocenters. The molecule has 1 unspecified atom stereocenters. The van der Waals surface area contributed by atoms with Crippen LogP contribution in [-0.2, 0) is 9.59 Å². The molecule has 1 aliphatic heterocycles. The number of likely N-dealkylation sites (tertiary alicyclic amines) is 1. The van der Waals surface area contributed by atoms with Crippen LogP contribution < -0.4 is 9.47 Å². The van der Waals surface area contributed by atoms with Crippen molar-refractivity contribution in [2.75, 3.05) is 20.8 Å². The molecule has 1 amide bonds. The molecule has 3 rings (SSSR count). The molecule has 0 aromatic heterocycles. The third kappa shape index (κ3) is 3.85. The van der Waals surface area contributed by atoms with E-state index in [4.69, 9.17) is 32.7 Å². The van der Waals surface area contributed by atoms with Crippen LogP contribution in [0.25, 0.3) is 5.76 Å². The van der Waals surface area contributed by atoms with Gasteiger partial charge in [-0.1, -0.05) is 36.2 Å². The lowest BCUT2D eigenvalue weighted by Gasteiger charge is -2.25. The molecule has 1 aliphatic rings. The number of ketones is 1. The van der Waals surface area contributed by atoms with Gasteiger partial charge in [-0.15, -0.1) is 0 Å². The Kier molecular flexibility index (Phi) is 6.58. The number of methoxy groups -OCH3 is 2. The zero-order chi connectivity index (χ0) is 22.0. The molecule has 1 heterocycles. The zero-order valence-electron chi connectivity index (χ0n) is 16.7. The van der Waals surface area contributed by atoms with Crippen LogP contribution in [0, 0.1) is 0 Å². The van der Waals surface area contributed by atoms with E-state index in [1.165, 1.54) is 19.1 Å². The normalized spacial score (nSPS) is 18.0. The van der Waals surface area contributed by atoms with E-state index in [-0.39, 0.29) is 21.9 Å². The Balaban J connectivity index is 2.27. The number of benzene rings is 2. The van der Waals surface area contributed by atoms with Crippen LogP contribution in [0.5, 0.6) is 11.5 Å². The predicted octanol–water partition coefficient (Wildman–Crippen LogP) is 4.84. The number of hydrogen-bond acceptors (Lipinski definition) is 5. The van der Waals surface area contributed by atoms with Crippen molar-refractivity contribution in [3.8, 4) is 11.5 Å². The fourth-order valence-corrected chi connectivity index (χ4v) is 3.83. The highest BCUT2D eigenvalue weighted by Gasteiger charge is 2.46. The van der Waals surface area contributed by atoms with Gasteiger partial charge in [0.2, 0.25) is 0 Å². The summed E-state index contributed by atoms with van der Waals surface area (Å²) in [4.78, 5) is 27.2. The van der Waals surface area contributed by atoms with Crippen molar-refractivity contribution in [1.29, 1.82) is 0 Å². The highest BCUT2D eigenvalue weighted by molar-refractivity contribution is 6.47. The second-order valence-electron chi connectivity index (χ2n) is 6.73. The topological polar surface area (TPSA) is 76.1 Å². The van der Waals surface area contributed by atoms with Crippen molar-refractivity contribution in [1.82, 2.24) is 4.90 Å². The Bertz CT molecular complexity index is 1030. The number of ether oxygens (including phenoxy) is 2. The first kappa shape index (κ1) is 22.0. The summed E-state index contributed by atoms with van der Waals surface area (Å²) in [5, 5.41) is 11.8. The minimum absolute atomic E-state index is 0.0432. The second-order valence-corrected chi connectivity index (χ2v) is 7.55. The number of carbonyl (C=O) groups excluding carboxylic acids is 2. The lowest BCUT2D eigenvalue weighted by molar-refractivity contribution is -0.139. The largest absolute Gasteiger partial charge is 0.507 e. The number of halogens is 2. The molecule has 1 fully saturated rings. The first-order valence-corrected chi connectivity index (χ1v) is 10.0. The van der Waals surface area contributed by atoms with Crippen LogP contribution in [0.15, 0.2) is 42.0 Å². The molecule has 2 aromatic carbocycles. The maximum atomic E-state index is 13.0. The van der Waals surface area contributed by atoms with E-state index in [9.17, 15) is 14.7 Å². The Morgan fingerprint density at radius 2 is 1.80 bits per heavy atom. The molecule has 8 heteroatoms. The van der Waals surface area contributed by atoms with Gasteiger partial charge in [0.25, 0.3) is 11.7 Å². The van der Waals surface area contributed by atoms with Gasteiger partial charge in [-0.25, -0.2) is 0 Å². The fraction of sp³-hybridized carbons (Fsp3) is 0.273. The smallest absolute Gasteiger partial charge is 0.295 e. The lowest BCUT2D eigenvalue weighted by atomic mass is 9.95. The number of amides is 1. The molecule has 6 nitrogen and oxygen atoms in total. The lowest BCUT2D eigenvalue weighted by Crippen LogP contribution is -2.30. The minimum Gasteiger partial charge on any atom is -0.507 e. The molecular formula is C22H21Cl2NO5. The molecule has 1 saturated heterocycles. The molecule has 0 spiro atoms. The van der Waals surface area contributed by atoms with Gasteiger partial charge in [0, 0.05) is 6.54 Å². The van der Waals surface area contributed by atoms with E-state index < -0.39 is 17.7 Å². The molecule has 1 N–H and O–H groups in total. The van der Waals surface area contributed by atoms with Gasteiger partial charge in [0.15, 0.2) is 0 Å². The number of aliphatic hydroxyl groups excluding tert-OH is 1. The Hall–Kier alpha value is -2.70. The summed E-state index contributed by atoms with van der Waals surface area (Å²) >= 11 is 12.2. The average molecular weight is 450 g/mol. The Labute approximate surface area is 184 Å². The molecule has 2 aromatic rings. The van der Waals surface area contributed by atoms with Crippen molar-refractivity contribution in [3.05, 3.63) is 63.1 Å². The maximum absolute atomic E-state index is 13.0. The van der Waals surface area contributed by atoms with Crippen molar-refractivity contribution in [3.63, 3.8) is 0 Å². The van der Waals surface area contributed by atoms with Crippen LogP contribution in [-0.4, -0.2) is 42.5 Å². The SMILES string of the molecule is CCCN1C(=O)C(=O)/C(=C(/O)c2cc(OC)ccc2OC)C1c1ccc(Cl)c(Cl)c1. The predicted molar refractivity (Wildman–Crippen MR) is 115 cm³/mol. The van der Waals surface area contributed by atoms with E-state index in [1.54, 1.807) is 36.4 Å². The van der Waals surface area contributed by atoms with Crippen molar-refractivity contribution < 1.29 is 24.2 Å². The second kappa shape index (κ2) is 8.98. The number of aliphatic hydroxyl groups is 1. The highest BCUT2D eigenvalue weighted by Crippen LogP contribution is 2.42. The quantitative estimate of drug-likeness (QED) is 0.387. The first-order chi connectivity index (χ1) is 14.3. The minimum atomic E-state index is -0.810. The van der Waals surface area contributed by atoms with Crippen LogP contribution in [0.3, 0.4) is 0 Å². The van der Waals surface area contributed by atoms with E-state index in [2.05, 4.69) is 0 Å². The number of nitrogens with zero attached hydrogens (tertiary/aromatic N) is 1. The van der Waals surface area contributed by atoms with E-state index in [1.807, 2.05) is 6.92 Å². The summed E-state index contributed by atoms with van der Waals surface area (Å²) in [6.07, 6.45) is 0.632. The van der Waals surface area contributed by atoms with Gasteiger partial charge >= 0.3 is 0 Å². The summed E-state index contributed by atoms with van der Waals surface area (Å²) in [7, 11) is 2.94. The molecule has 158 valence electrons. The summed E-state index contributed by atoms with van der Waals surface area (Å²) in [6.45, 7) is 2.23. The van der Waals surface area contributed by atoms with Crippen molar-refractivity contribution >= 4 is 40.7 Å². The van der Waals surface area contributed by atoms with E-state index in [0.29, 0.717) is 35.1 Å². The van der Waals surface area contributed by atoms with Gasteiger partial charge < -0.3 is 19.5 Å². The maximum Gasteiger partial charge on any atom is 0.295 e. The van der Waals surface area contributed by atoms with Crippen LogP contribution in [0.2, 0.25) is 10.0 Å². The van der Waals surface area contributed by atoms with Gasteiger partial charge in [0.1, 0.15) is 17.3 Å². The average Bonchev–Trinajstić information content (AvgIpc) is 3.00. The van der Waals surface area contributed by atoms with Crippen LogP contribution in [0.1, 0.15) is 30.5 Å². The number of rotatable bonds is 6. The molecule has 0 aliphatic carbocycles. The third-order valence-corrected chi connectivity index (χ3v) is 5.66. The van der Waals surface area contributed by atoms with Gasteiger partial charge in [0.05, 0.1) is 41.4 Å². The Morgan fingerprint density at radius 3 is 2.40 bits per heavy atom. The third-order valence-electron chi connectivity index (χ3n) is 4.93. The van der Waals surface area contributed by atoms with Crippen molar-refractivity contribution in [2.24, 2.45) is 0 Å². The summed E-state index contributed by atoms with van der Waals surface area (Å²) < 4.78 is 10.6. The van der Waals surface area contributed by atoms with Crippen molar-refractivity contribution in [2.45, 2.75) is 19.4 Å². The molecule has 0 radical (unpaired) electrons. The molecule has 0 bridgehead atoms. The molecule has 0 saturated carbocycles. The van der Waals surface area contributed by atoms with Crippen LogP contribution >= 0.6 is 23.2 Å². The highest BCUT2D eigenvalue weighted by atomic mass is 35.5. The van der Waals surface area contributed by atoms with Gasteiger partial charge in [-0.3, -0.25) is 9.59 Å². The standard InChI is InChI=1S/C22H21Cl2NO5/c1-4-9-25-19(12-5-7-15(23)16(24)10-12)18(21(27)22(25)28)20(26)14-11-13(29-2)6-8-17(14)30-3/h5-8,10-11,19,26H,4,9H2,1-3H3/b20-18+. The molecular weight excluding hydrogens is 429 g/mol. The summed E-state index contributed by atoms with van der Waals surface area (Å²) in [6, 6.07) is 8.90. The summed E-state index contributed by atoms with van der Waals surface area (Å²) in [5.74, 6) is -1.01. The number of hydrogen-bond donors (Lipinski definition) is 1. The number of Topliss-reactive ketones (excluding diaryl/α,β-unsaturated/α-hetero) is 1. The number of carbonyl (C=O) groups is 2. The van der Waals surface area contributed by atoms with E-state index in [0.717, 1.165) is 0 Å². The van der Waals surface area contributed by atoms with Gasteiger partial charge in [-0.2, -0.15) is 0 Å². The monoisotopic (exact) mass is 449 g/mol. The molecule has 30 heavy (non-hydrogen) atoms. The zero-order valence-corrected chi connectivity index (χ0v) is 18.3. The van der Waals surface area contributed by atoms with Crippen LogP contribution in [0.4, 0.5) is 0 Å². The van der Waals surface area contributed by atoms with Gasteiger partial charge in [-0.05, 0) is 42.3 Å². The van der Waals surface area contributed by atoms with E-state index >= 15 is 0 Å². The fourth-order valence-electron chi connectivity index (χ4n) is 3.52.